The standard InChI is InChI=1S/C14H15N2O/c1-2-4-10-5-3-6-13-11(7-12(15)9-17)8-16-14(10)13/h2-3,5-6,8,12,16H,1,4,7,15H2/t12-/m0/s1. The molecule has 1 aromatic carbocycles. The van der Waals surface area contributed by atoms with E-state index in [2.05, 4.69) is 17.6 Å². The van der Waals surface area contributed by atoms with Crippen molar-refractivity contribution in [2.24, 2.45) is 5.73 Å². The number of H-pyrrole nitrogens is 1. The van der Waals surface area contributed by atoms with E-state index in [9.17, 15) is 4.79 Å². The fourth-order valence-electron chi connectivity index (χ4n) is 2.05. The lowest BCUT2D eigenvalue weighted by Gasteiger charge is -2.03. The summed E-state index contributed by atoms with van der Waals surface area (Å²) in [7, 11) is 0. The highest BCUT2D eigenvalue weighted by atomic mass is 16.1. The molecular formula is C14H15N2O. The maximum absolute atomic E-state index is 10.5. The van der Waals surface area contributed by atoms with E-state index in [0.717, 1.165) is 22.9 Å². The highest BCUT2D eigenvalue weighted by Gasteiger charge is 2.10. The lowest BCUT2D eigenvalue weighted by molar-refractivity contribution is 0.541. The summed E-state index contributed by atoms with van der Waals surface area (Å²) in [6.45, 7) is 3.75. The van der Waals surface area contributed by atoms with Crippen LogP contribution in [0.4, 0.5) is 0 Å². The molecule has 17 heavy (non-hydrogen) atoms. The first-order valence-corrected chi connectivity index (χ1v) is 5.58. The van der Waals surface area contributed by atoms with Gasteiger partial charge in [-0.05, 0) is 24.0 Å². The molecule has 0 amide bonds. The van der Waals surface area contributed by atoms with E-state index in [-0.39, 0.29) is 0 Å². The quantitative estimate of drug-likeness (QED) is 0.766. The molecule has 0 saturated carbocycles. The fourth-order valence-corrected chi connectivity index (χ4v) is 2.05. The molecule has 2 rings (SSSR count). The Morgan fingerprint density at radius 2 is 2.29 bits per heavy atom. The molecule has 3 N–H and O–H groups in total. The van der Waals surface area contributed by atoms with Crippen LogP contribution in [-0.4, -0.2) is 17.3 Å². The number of fused-ring (bicyclic) bond motifs is 1. The monoisotopic (exact) mass is 227 g/mol. The van der Waals surface area contributed by atoms with Gasteiger partial charge in [-0.1, -0.05) is 24.3 Å². The molecule has 0 aliphatic carbocycles. The van der Waals surface area contributed by atoms with Crippen molar-refractivity contribution in [2.75, 3.05) is 0 Å². The zero-order valence-corrected chi connectivity index (χ0v) is 9.57. The Morgan fingerprint density at radius 1 is 1.47 bits per heavy atom. The fraction of sp³-hybridized carbons (Fsp3) is 0.214. The number of allylic oxidation sites excluding steroid dienone is 1. The first kappa shape index (κ1) is 11.6. The van der Waals surface area contributed by atoms with Crippen LogP contribution in [0.1, 0.15) is 11.1 Å². The zero-order valence-electron chi connectivity index (χ0n) is 9.57. The van der Waals surface area contributed by atoms with Gasteiger partial charge in [0.1, 0.15) is 0 Å². The van der Waals surface area contributed by atoms with Crippen LogP contribution >= 0.6 is 0 Å². The van der Waals surface area contributed by atoms with Crippen molar-refractivity contribution in [3.05, 3.63) is 48.2 Å². The van der Waals surface area contributed by atoms with Gasteiger partial charge in [0, 0.05) is 17.1 Å². The first-order chi connectivity index (χ1) is 8.26. The normalized spacial score (nSPS) is 12.5. The second-order valence-electron chi connectivity index (χ2n) is 4.07. The number of nitrogens with two attached hydrogens (primary N) is 1. The smallest absolute Gasteiger partial charge is 0.217 e. The summed E-state index contributed by atoms with van der Waals surface area (Å²) >= 11 is 0. The van der Waals surface area contributed by atoms with E-state index in [1.165, 1.54) is 5.56 Å². The van der Waals surface area contributed by atoms with Crippen molar-refractivity contribution in [1.82, 2.24) is 4.98 Å². The van der Waals surface area contributed by atoms with E-state index in [1.54, 1.807) is 6.29 Å². The molecule has 0 aliphatic heterocycles. The molecule has 3 heteroatoms. The summed E-state index contributed by atoms with van der Waals surface area (Å²) in [5.41, 5.74) is 8.95. The summed E-state index contributed by atoms with van der Waals surface area (Å²) < 4.78 is 0. The average Bonchev–Trinajstić information content (AvgIpc) is 2.74. The van der Waals surface area contributed by atoms with Gasteiger partial charge in [-0.15, -0.1) is 6.58 Å². The van der Waals surface area contributed by atoms with E-state index in [4.69, 9.17) is 5.73 Å². The van der Waals surface area contributed by atoms with Gasteiger partial charge in [0.25, 0.3) is 0 Å². The third-order valence-corrected chi connectivity index (χ3v) is 2.84. The van der Waals surface area contributed by atoms with Crippen LogP contribution in [0.5, 0.6) is 0 Å². The lowest BCUT2D eigenvalue weighted by atomic mass is 10.0. The molecule has 0 saturated heterocycles. The summed E-state index contributed by atoms with van der Waals surface area (Å²) in [5, 5.41) is 1.12. The van der Waals surface area contributed by atoms with Crippen molar-refractivity contribution in [1.29, 1.82) is 0 Å². The molecule has 1 aromatic heterocycles. The van der Waals surface area contributed by atoms with E-state index in [0.29, 0.717) is 6.42 Å². The topological polar surface area (TPSA) is 58.9 Å². The minimum absolute atomic E-state index is 0.515. The van der Waals surface area contributed by atoms with Crippen LogP contribution in [0.25, 0.3) is 10.9 Å². The second kappa shape index (κ2) is 4.97. The van der Waals surface area contributed by atoms with Gasteiger partial charge < -0.3 is 10.7 Å². The summed E-state index contributed by atoms with van der Waals surface area (Å²) in [6.07, 6.45) is 6.93. The molecule has 1 radical (unpaired) electrons. The van der Waals surface area contributed by atoms with Gasteiger partial charge in [0.05, 0.1) is 6.04 Å². The molecule has 87 valence electrons. The lowest BCUT2D eigenvalue weighted by Crippen LogP contribution is -2.23. The highest BCUT2D eigenvalue weighted by Crippen LogP contribution is 2.23. The van der Waals surface area contributed by atoms with Crippen LogP contribution in [0.3, 0.4) is 0 Å². The van der Waals surface area contributed by atoms with Crippen LogP contribution < -0.4 is 5.73 Å². The number of hydrogen-bond donors (Lipinski definition) is 2. The van der Waals surface area contributed by atoms with Crippen molar-refractivity contribution in [3.8, 4) is 0 Å². The Kier molecular flexibility index (Phi) is 3.40. The number of hydrogen-bond acceptors (Lipinski definition) is 2. The SMILES string of the molecule is C=CCc1cccc2c(C[C@H](N)[C]=O)c[nH]c12. The number of carbonyl (C=O) groups excluding carboxylic acids is 1. The van der Waals surface area contributed by atoms with Crippen molar-refractivity contribution in [3.63, 3.8) is 0 Å². The summed E-state index contributed by atoms with van der Waals surface area (Å²) in [6, 6.07) is 5.55. The molecular weight excluding hydrogens is 212 g/mol. The molecule has 1 heterocycles. The molecule has 0 spiro atoms. The predicted octanol–water partition coefficient (Wildman–Crippen LogP) is 1.88. The van der Waals surface area contributed by atoms with E-state index >= 15 is 0 Å². The zero-order chi connectivity index (χ0) is 12.3. The van der Waals surface area contributed by atoms with Gasteiger partial charge in [-0.3, -0.25) is 4.79 Å². The Labute approximate surface area is 100 Å². The van der Waals surface area contributed by atoms with Gasteiger partial charge in [-0.2, -0.15) is 0 Å². The summed E-state index contributed by atoms with van der Waals surface area (Å²) in [5.74, 6) is 0. The molecule has 2 aromatic rings. The van der Waals surface area contributed by atoms with Crippen LogP contribution in [0.2, 0.25) is 0 Å². The molecule has 0 bridgehead atoms. The van der Waals surface area contributed by atoms with Gasteiger partial charge >= 0.3 is 0 Å². The molecule has 0 fully saturated rings. The van der Waals surface area contributed by atoms with Crippen LogP contribution in [0, 0.1) is 0 Å². The number of nitrogens with one attached hydrogen (secondary N) is 1. The molecule has 1 atom stereocenters. The van der Waals surface area contributed by atoms with Gasteiger partial charge in [0.15, 0.2) is 0 Å². The summed E-state index contributed by atoms with van der Waals surface area (Å²) in [4.78, 5) is 13.7. The van der Waals surface area contributed by atoms with Crippen LogP contribution in [0.15, 0.2) is 37.1 Å². The average molecular weight is 227 g/mol. The number of para-hydroxylation sites is 1. The van der Waals surface area contributed by atoms with Gasteiger partial charge in [0.2, 0.25) is 6.29 Å². The highest BCUT2D eigenvalue weighted by molar-refractivity contribution is 5.86. The van der Waals surface area contributed by atoms with E-state index < -0.39 is 6.04 Å². The number of rotatable bonds is 5. The number of benzene rings is 1. The molecule has 3 nitrogen and oxygen atoms in total. The second-order valence-corrected chi connectivity index (χ2v) is 4.07. The van der Waals surface area contributed by atoms with Crippen LogP contribution in [-0.2, 0) is 17.6 Å². The maximum Gasteiger partial charge on any atom is 0.217 e. The molecule has 0 aliphatic rings. The minimum Gasteiger partial charge on any atom is -0.361 e. The largest absolute Gasteiger partial charge is 0.361 e. The third kappa shape index (κ3) is 2.29. The molecule has 0 unspecified atom stereocenters. The van der Waals surface area contributed by atoms with Crippen molar-refractivity contribution in [2.45, 2.75) is 18.9 Å². The maximum atomic E-state index is 10.5. The number of aromatic nitrogens is 1. The Bertz CT molecular complexity index is 542. The van der Waals surface area contributed by atoms with Crippen molar-refractivity contribution >= 4 is 17.2 Å². The Balaban J connectivity index is 2.43. The van der Waals surface area contributed by atoms with E-state index in [1.807, 2.05) is 24.4 Å². The Hall–Kier alpha value is -1.87. The minimum atomic E-state index is -0.558. The first-order valence-electron chi connectivity index (χ1n) is 5.58. The predicted molar refractivity (Wildman–Crippen MR) is 69.6 cm³/mol. The van der Waals surface area contributed by atoms with Gasteiger partial charge in [-0.25, -0.2) is 0 Å². The number of aromatic amines is 1. The third-order valence-electron chi connectivity index (χ3n) is 2.84. The van der Waals surface area contributed by atoms with Crippen molar-refractivity contribution < 1.29 is 4.79 Å². The Morgan fingerprint density at radius 3 is 3.00 bits per heavy atom.